The number of aliphatic carboxylic acids is 1. The third-order valence-electron chi connectivity index (χ3n) is 3.91. The smallest absolute Gasteiger partial charge is 0.335 e. The Labute approximate surface area is 171 Å². The molecule has 150 valence electrons. The van der Waals surface area contributed by atoms with Crippen LogP contribution >= 0.6 is 0 Å². The van der Waals surface area contributed by atoms with Gasteiger partial charge in [-0.3, -0.25) is 4.79 Å². The van der Waals surface area contributed by atoms with Crippen LogP contribution in [0.25, 0.3) is 0 Å². The molecule has 4 N–H and O–H groups in total. The second-order valence-electron chi connectivity index (χ2n) is 5.89. The fraction of sp³-hybridized carbons (Fsp3) is 0.667. The van der Waals surface area contributed by atoms with Crippen molar-refractivity contribution in [3.63, 3.8) is 0 Å². The van der Waals surface area contributed by atoms with Gasteiger partial charge in [-0.1, -0.05) is 19.1 Å². The first kappa shape index (κ1) is 10.0. The van der Waals surface area contributed by atoms with Gasteiger partial charge in [0, 0.05) is 27.0 Å². The summed E-state index contributed by atoms with van der Waals surface area (Å²) in [7, 11) is 0. The third kappa shape index (κ3) is 4.01. The fourth-order valence-electron chi connectivity index (χ4n) is 2.59. The Kier molecular flexibility index (Phi) is 2.96. The molecule has 0 spiro atoms. The highest BCUT2D eigenvalue weighted by atomic mass is 16.8. The van der Waals surface area contributed by atoms with Gasteiger partial charge in [0.05, 0.1) is 5.69 Å². The molecule has 3 unspecified atom stereocenters. The molecule has 9 heteroatoms. The lowest BCUT2D eigenvalue weighted by molar-refractivity contribution is -0.295. The summed E-state index contributed by atoms with van der Waals surface area (Å²) in [4.78, 5) is 29.5. The summed E-state index contributed by atoms with van der Waals surface area (Å²) in [5.41, 5.74) is -2.55. The maximum absolute atomic E-state index is 12.9. The summed E-state index contributed by atoms with van der Waals surface area (Å²) in [5, 5.41) is 39.4. The number of aromatic nitrogens is 1. The molecule has 1 aromatic rings. The molecule has 1 aliphatic carbocycles. The highest BCUT2D eigenvalue weighted by molar-refractivity contribution is 5.73. The molecule has 5 atom stereocenters. The van der Waals surface area contributed by atoms with Gasteiger partial charge in [-0.15, -0.1) is 4.73 Å². The zero-order valence-electron chi connectivity index (χ0n) is 24.9. The van der Waals surface area contributed by atoms with Gasteiger partial charge in [-0.2, -0.15) is 0 Å². The number of ether oxygens (including phenoxy) is 1. The lowest BCUT2D eigenvalue weighted by Gasteiger charge is -2.38. The van der Waals surface area contributed by atoms with Crippen LogP contribution in [0.1, 0.15) is 64.1 Å². The van der Waals surface area contributed by atoms with E-state index in [2.05, 4.69) is 0 Å². The summed E-state index contributed by atoms with van der Waals surface area (Å²) in [5.74, 6) is -5.61. The van der Waals surface area contributed by atoms with E-state index in [9.17, 15) is 30.0 Å². The van der Waals surface area contributed by atoms with Crippen molar-refractivity contribution in [2.24, 2.45) is 0 Å². The van der Waals surface area contributed by atoms with Crippen molar-refractivity contribution < 1.29 is 49.9 Å². The summed E-state index contributed by atoms with van der Waals surface area (Å²) >= 11 is 0. The normalized spacial score (nSPS) is 48.7. The van der Waals surface area contributed by atoms with Gasteiger partial charge in [0.25, 0.3) is 11.8 Å². The number of aryl methyl sites for hydroxylation is 1. The lowest BCUT2D eigenvalue weighted by Crippen LogP contribution is -2.62. The predicted octanol–water partition coefficient (Wildman–Crippen LogP) is -0.475. The van der Waals surface area contributed by atoms with Crippen LogP contribution < -0.4 is 10.4 Å². The molecule has 1 aromatic heterocycles. The van der Waals surface area contributed by atoms with Gasteiger partial charge >= 0.3 is 5.97 Å². The minimum absolute atomic E-state index is 0.0417. The van der Waals surface area contributed by atoms with Crippen molar-refractivity contribution >= 4 is 5.97 Å². The standard InChI is InChI=1S/C18H25NO8/c1-9-7-11(10-5-3-2-4-6-10)19(12(20)8-9)27-18-15(23)13(21)14(22)16(26-18)17(24)25/h7-8,10,13-16,18,21-23H,2-6H2,1H3,(H,24,25)/t13?,14-,15?,16?,18-/m1/s1/i2D2,3D2,4D2,5D2,6D2,10D. The Hall–Kier alpha value is -1.94. The first-order chi connectivity index (χ1) is 16.9. The van der Waals surface area contributed by atoms with Crippen LogP contribution in [-0.4, -0.2) is 61.8 Å². The second-order valence-corrected chi connectivity index (χ2v) is 5.89. The van der Waals surface area contributed by atoms with Crippen LogP contribution in [0.4, 0.5) is 0 Å². The Bertz CT molecular complexity index is 1160. The number of carbonyl (C=O) groups is 1. The van der Waals surface area contributed by atoms with Crippen LogP contribution in [-0.2, 0) is 9.53 Å². The van der Waals surface area contributed by atoms with E-state index < -0.39 is 85.7 Å². The largest absolute Gasteiger partial charge is 0.479 e. The monoisotopic (exact) mass is 394 g/mol. The summed E-state index contributed by atoms with van der Waals surface area (Å²) < 4.78 is 95.8. The van der Waals surface area contributed by atoms with Crippen LogP contribution in [0.2, 0.25) is 0 Å². The molecule has 1 aliphatic heterocycles. The minimum Gasteiger partial charge on any atom is -0.479 e. The molecular formula is C18H25NO8. The molecule has 2 fully saturated rings. The zero-order valence-corrected chi connectivity index (χ0v) is 13.9. The molecule has 27 heavy (non-hydrogen) atoms. The number of hydrogen-bond donors (Lipinski definition) is 4. The quantitative estimate of drug-likeness (QED) is 0.537. The Morgan fingerprint density at radius 1 is 1.22 bits per heavy atom. The number of hydrogen-bond acceptors (Lipinski definition) is 7. The zero-order chi connectivity index (χ0) is 29.6. The second kappa shape index (κ2) is 7.97. The van der Waals surface area contributed by atoms with Crippen molar-refractivity contribution in [2.45, 2.75) is 75.4 Å². The molecule has 0 amide bonds. The molecule has 3 rings (SSSR count). The van der Waals surface area contributed by atoms with E-state index in [1.165, 1.54) is 6.92 Å². The van der Waals surface area contributed by atoms with Crippen molar-refractivity contribution in [2.75, 3.05) is 0 Å². The highest BCUT2D eigenvalue weighted by Gasteiger charge is 2.48. The number of pyridine rings is 1. The van der Waals surface area contributed by atoms with E-state index in [0.29, 0.717) is 0 Å². The van der Waals surface area contributed by atoms with Crippen LogP contribution in [0.5, 0.6) is 0 Å². The maximum atomic E-state index is 12.9. The SMILES string of the molecule is [2H]C1([2H])C([2H])([2H])C([2H])([2H])C([2H])(c2cc(C)cc(=O)n2O[C@H]2OC(C(=O)O)[C@H](O)C(O)C2O)C([2H])([2H])C1([2H])[2H]. The molecule has 0 aromatic carbocycles. The third-order valence-corrected chi connectivity index (χ3v) is 3.91. The van der Waals surface area contributed by atoms with Crippen molar-refractivity contribution in [3.8, 4) is 0 Å². The van der Waals surface area contributed by atoms with E-state index in [1.807, 2.05) is 0 Å². The van der Waals surface area contributed by atoms with Crippen LogP contribution in [0.3, 0.4) is 0 Å². The number of carboxylic acid groups (broad SMARTS) is 1. The molecule has 0 bridgehead atoms. The average molecular weight is 394 g/mol. The Balaban J connectivity index is 2.31. The molecule has 1 saturated heterocycles. The Morgan fingerprint density at radius 3 is 2.52 bits per heavy atom. The molecule has 2 aliphatic rings. The predicted molar refractivity (Wildman–Crippen MR) is 92.2 cm³/mol. The van der Waals surface area contributed by atoms with Crippen molar-refractivity contribution in [1.29, 1.82) is 0 Å². The molecule has 1 saturated carbocycles. The van der Waals surface area contributed by atoms with Gasteiger partial charge in [0.1, 0.15) is 18.3 Å². The van der Waals surface area contributed by atoms with Gasteiger partial charge in [0.15, 0.2) is 6.10 Å². The molecule has 2 heterocycles. The Morgan fingerprint density at radius 2 is 1.89 bits per heavy atom. The summed E-state index contributed by atoms with van der Waals surface area (Å²) in [6.07, 6.45) is -30.6. The minimum atomic E-state index is -3.92. The fourth-order valence-corrected chi connectivity index (χ4v) is 2.59. The topological polar surface area (TPSA) is 138 Å². The lowest BCUT2D eigenvalue weighted by atomic mass is 9.86. The number of aliphatic hydroxyl groups excluding tert-OH is 3. The van der Waals surface area contributed by atoms with Crippen molar-refractivity contribution in [3.05, 3.63) is 33.7 Å². The van der Waals surface area contributed by atoms with Gasteiger partial charge in [-0.05, 0) is 31.3 Å². The number of nitrogens with zero attached hydrogens (tertiary/aromatic N) is 1. The number of rotatable bonds is 4. The molecular weight excluding hydrogens is 358 g/mol. The molecule has 9 nitrogen and oxygen atoms in total. The van der Waals surface area contributed by atoms with Crippen LogP contribution in [0, 0.1) is 6.92 Å². The van der Waals surface area contributed by atoms with Gasteiger partial charge in [0.2, 0.25) is 0 Å². The van der Waals surface area contributed by atoms with Gasteiger partial charge < -0.3 is 30.0 Å². The van der Waals surface area contributed by atoms with E-state index in [1.54, 1.807) is 0 Å². The summed E-state index contributed by atoms with van der Waals surface area (Å²) in [6, 6.07) is 1.57. The average Bonchev–Trinajstić information content (AvgIpc) is 2.78. The first-order valence-electron chi connectivity index (χ1n) is 13.3. The van der Waals surface area contributed by atoms with E-state index >= 15 is 0 Å². The van der Waals surface area contributed by atoms with Crippen LogP contribution in [0.15, 0.2) is 16.9 Å². The van der Waals surface area contributed by atoms with Crippen molar-refractivity contribution in [1.82, 2.24) is 4.73 Å². The molecule has 0 radical (unpaired) electrons. The highest BCUT2D eigenvalue weighted by Crippen LogP contribution is 2.32. The number of aliphatic hydroxyl groups is 3. The van der Waals surface area contributed by atoms with E-state index in [0.717, 1.165) is 12.1 Å². The van der Waals surface area contributed by atoms with E-state index in [4.69, 9.17) is 24.7 Å². The maximum Gasteiger partial charge on any atom is 0.335 e. The van der Waals surface area contributed by atoms with Gasteiger partial charge in [-0.25, -0.2) is 4.79 Å². The summed E-state index contributed by atoms with van der Waals surface area (Å²) in [6.45, 7) is 1.24. The first-order valence-corrected chi connectivity index (χ1v) is 7.77. The van der Waals surface area contributed by atoms with E-state index in [-0.39, 0.29) is 10.3 Å². The number of carboxylic acids is 1.